The highest BCUT2D eigenvalue weighted by molar-refractivity contribution is 7.14. The number of hydrogen-bond acceptors (Lipinski definition) is 7. The number of carbonyl (C=O) groups excluding carboxylic acids is 1. The van der Waals surface area contributed by atoms with Crippen LogP contribution in [0.25, 0.3) is 10.8 Å². The number of rotatable bonds is 6. The molecule has 150 valence electrons. The van der Waals surface area contributed by atoms with Crippen LogP contribution in [0.15, 0.2) is 53.2 Å². The predicted octanol–water partition coefficient (Wildman–Crippen LogP) is 4.99. The van der Waals surface area contributed by atoms with Gasteiger partial charge in [-0.25, -0.2) is 0 Å². The lowest BCUT2D eigenvalue weighted by Gasteiger charge is -2.26. The Kier molecular flexibility index (Phi) is 6.08. The van der Waals surface area contributed by atoms with Crippen molar-refractivity contribution in [3.63, 3.8) is 0 Å². The smallest absolute Gasteiger partial charge is 0.302 e. The average molecular weight is 431 g/mol. The van der Waals surface area contributed by atoms with E-state index in [0.29, 0.717) is 17.2 Å². The van der Waals surface area contributed by atoms with Crippen LogP contribution < -0.4 is 0 Å². The Bertz CT molecular complexity index is 1020. The first-order valence-corrected chi connectivity index (χ1v) is 10.4. The fourth-order valence-corrected chi connectivity index (χ4v) is 4.11. The van der Waals surface area contributed by atoms with Crippen molar-refractivity contribution in [3.05, 3.63) is 69.9 Å². The van der Waals surface area contributed by atoms with Crippen molar-refractivity contribution in [3.8, 4) is 10.8 Å². The van der Waals surface area contributed by atoms with E-state index in [4.69, 9.17) is 25.5 Å². The average Bonchev–Trinajstić information content (AvgIpc) is 3.40. The first-order valence-electron chi connectivity index (χ1n) is 9.18. The van der Waals surface area contributed by atoms with Gasteiger partial charge in [0.2, 0.25) is 0 Å². The van der Waals surface area contributed by atoms with E-state index in [1.807, 2.05) is 36.4 Å². The minimum Gasteiger partial charge on any atom is -0.463 e. The summed E-state index contributed by atoms with van der Waals surface area (Å²) in [6.45, 7) is 1.60. The number of carbonyl (C=O) groups is 1. The lowest BCUT2D eigenvalue weighted by atomic mass is 10.00. The van der Waals surface area contributed by atoms with Gasteiger partial charge >= 0.3 is 5.97 Å². The Morgan fingerprint density at radius 3 is 3.03 bits per heavy atom. The normalized spacial score (nSPS) is 18.7. The molecule has 0 fully saturated rings. The molecule has 0 spiro atoms. The fraction of sp³-hybridized carbons (Fsp3) is 0.286. The second kappa shape index (κ2) is 8.90. The van der Waals surface area contributed by atoms with Crippen LogP contribution in [-0.4, -0.2) is 28.9 Å². The van der Waals surface area contributed by atoms with Crippen LogP contribution >= 0.6 is 22.9 Å². The van der Waals surface area contributed by atoms with Crippen LogP contribution in [0.4, 0.5) is 0 Å². The Balaban J connectivity index is 1.48. The zero-order valence-electron chi connectivity index (χ0n) is 15.7. The van der Waals surface area contributed by atoms with Crippen LogP contribution in [-0.2, 0) is 20.7 Å². The molecule has 0 saturated carbocycles. The number of furan rings is 1. The van der Waals surface area contributed by atoms with Gasteiger partial charge < -0.3 is 13.9 Å². The van der Waals surface area contributed by atoms with Gasteiger partial charge in [-0.05, 0) is 35.7 Å². The molecule has 1 aliphatic heterocycles. The highest BCUT2D eigenvalue weighted by Gasteiger charge is 2.22. The van der Waals surface area contributed by atoms with Gasteiger partial charge in [0.05, 0.1) is 12.4 Å². The summed E-state index contributed by atoms with van der Waals surface area (Å²) in [5.41, 5.74) is 1.98. The van der Waals surface area contributed by atoms with Gasteiger partial charge in [-0.1, -0.05) is 47.2 Å². The third-order valence-electron chi connectivity index (χ3n) is 4.47. The maximum atomic E-state index is 11.0. The molecule has 0 bridgehead atoms. The SMILES string of the molecule is CC(=O)OC[C@H]1C=CC[C@@H](c2ccc(Cl)c(Cc3nnc(-c4ccco4)s3)c2)O1. The molecule has 0 radical (unpaired) electrons. The Labute approximate surface area is 177 Å². The summed E-state index contributed by atoms with van der Waals surface area (Å²) in [5.74, 6) is 0.388. The molecule has 2 atom stereocenters. The summed E-state index contributed by atoms with van der Waals surface area (Å²) in [6.07, 6.45) is 6.54. The molecule has 4 rings (SSSR count). The summed E-state index contributed by atoms with van der Waals surface area (Å²) >= 11 is 7.91. The highest BCUT2D eigenvalue weighted by Crippen LogP contribution is 2.32. The van der Waals surface area contributed by atoms with Crippen molar-refractivity contribution in [2.45, 2.75) is 32.0 Å². The van der Waals surface area contributed by atoms with Gasteiger partial charge in [-0.3, -0.25) is 4.79 Å². The van der Waals surface area contributed by atoms with Gasteiger partial charge in [0.25, 0.3) is 0 Å². The molecular formula is C21H19ClN2O4S. The second-order valence-corrected chi connectivity index (χ2v) is 8.10. The molecule has 0 amide bonds. The summed E-state index contributed by atoms with van der Waals surface area (Å²) in [7, 11) is 0. The first kappa shape index (κ1) is 19.8. The van der Waals surface area contributed by atoms with Crippen LogP contribution in [0, 0.1) is 0 Å². The van der Waals surface area contributed by atoms with Gasteiger partial charge in [-0.15, -0.1) is 10.2 Å². The number of ether oxygens (including phenoxy) is 2. The number of nitrogens with zero attached hydrogens (tertiary/aromatic N) is 2. The van der Waals surface area contributed by atoms with E-state index in [1.54, 1.807) is 6.26 Å². The maximum Gasteiger partial charge on any atom is 0.302 e. The number of aromatic nitrogens is 2. The van der Waals surface area contributed by atoms with E-state index in [1.165, 1.54) is 18.3 Å². The van der Waals surface area contributed by atoms with Gasteiger partial charge in [0.15, 0.2) is 10.8 Å². The van der Waals surface area contributed by atoms with E-state index in [9.17, 15) is 4.79 Å². The summed E-state index contributed by atoms with van der Waals surface area (Å²) < 4.78 is 16.5. The van der Waals surface area contributed by atoms with Gasteiger partial charge in [0, 0.05) is 18.4 Å². The molecule has 1 aromatic carbocycles. The lowest BCUT2D eigenvalue weighted by molar-refractivity contribution is -0.145. The fourth-order valence-electron chi connectivity index (χ4n) is 3.09. The summed E-state index contributed by atoms with van der Waals surface area (Å²) in [5, 5.41) is 10.7. The Morgan fingerprint density at radius 2 is 2.24 bits per heavy atom. The molecule has 0 N–H and O–H groups in total. The highest BCUT2D eigenvalue weighted by atomic mass is 35.5. The van der Waals surface area contributed by atoms with Crippen molar-refractivity contribution < 1.29 is 18.7 Å². The minimum atomic E-state index is -0.316. The third kappa shape index (κ3) is 4.93. The van der Waals surface area contributed by atoms with Crippen LogP contribution in [0.3, 0.4) is 0 Å². The zero-order valence-corrected chi connectivity index (χ0v) is 17.3. The second-order valence-electron chi connectivity index (χ2n) is 6.64. The van der Waals surface area contributed by atoms with Gasteiger partial charge in [-0.2, -0.15) is 0 Å². The Morgan fingerprint density at radius 1 is 1.34 bits per heavy atom. The number of hydrogen-bond donors (Lipinski definition) is 0. The van der Waals surface area contributed by atoms with Crippen LogP contribution in [0.5, 0.6) is 0 Å². The largest absolute Gasteiger partial charge is 0.463 e. The lowest BCUT2D eigenvalue weighted by Crippen LogP contribution is -2.24. The molecule has 0 unspecified atom stereocenters. The quantitative estimate of drug-likeness (QED) is 0.405. The number of halogens is 1. The van der Waals surface area contributed by atoms with E-state index in [0.717, 1.165) is 27.6 Å². The molecule has 1 aliphatic rings. The summed E-state index contributed by atoms with van der Waals surface area (Å²) in [4.78, 5) is 11.0. The first-order chi connectivity index (χ1) is 14.1. The predicted molar refractivity (Wildman–Crippen MR) is 110 cm³/mol. The number of esters is 1. The van der Waals surface area contributed by atoms with E-state index in [2.05, 4.69) is 16.3 Å². The van der Waals surface area contributed by atoms with E-state index < -0.39 is 0 Å². The molecule has 0 saturated heterocycles. The van der Waals surface area contributed by atoms with Crippen LogP contribution in [0.1, 0.15) is 35.6 Å². The molecule has 2 aromatic heterocycles. The van der Waals surface area contributed by atoms with E-state index >= 15 is 0 Å². The molecule has 3 heterocycles. The van der Waals surface area contributed by atoms with Crippen molar-refractivity contribution in [1.29, 1.82) is 0 Å². The maximum absolute atomic E-state index is 11.0. The van der Waals surface area contributed by atoms with Gasteiger partial charge in [0.1, 0.15) is 17.7 Å². The molecule has 29 heavy (non-hydrogen) atoms. The monoisotopic (exact) mass is 430 g/mol. The Hall–Kier alpha value is -2.48. The van der Waals surface area contributed by atoms with E-state index in [-0.39, 0.29) is 24.8 Å². The summed E-state index contributed by atoms with van der Waals surface area (Å²) in [6, 6.07) is 9.57. The minimum absolute atomic E-state index is 0.121. The van der Waals surface area contributed by atoms with Crippen molar-refractivity contribution in [2.75, 3.05) is 6.61 Å². The van der Waals surface area contributed by atoms with Crippen LogP contribution in [0.2, 0.25) is 5.02 Å². The molecular weight excluding hydrogens is 412 g/mol. The zero-order chi connectivity index (χ0) is 20.2. The van der Waals surface area contributed by atoms with Crippen molar-refractivity contribution in [2.24, 2.45) is 0 Å². The molecule has 8 heteroatoms. The third-order valence-corrected chi connectivity index (χ3v) is 5.78. The standard InChI is InChI=1S/C21H19ClN2O4S/c1-13(25)27-12-16-4-2-5-18(28-16)14-7-8-17(22)15(10-14)11-20-23-24-21(29-20)19-6-3-9-26-19/h2-4,6-10,16,18H,5,11-12H2,1H3/t16-,18+/m1/s1. The number of benzene rings is 1. The van der Waals surface area contributed by atoms with Crippen molar-refractivity contribution >= 4 is 28.9 Å². The van der Waals surface area contributed by atoms with Crippen molar-refractivity contribution in [1.82, 2.24) is 10.2 Å². The molecule has 3 aromatic rings. The molecule has 0 aliphatic carbocycles. The topological polar surface area (TPSA) is 74.5 Å². The molecule has 6 nitrogen and oxygen atoms in total.